The molecule has 0 aromatic heterocycles. The summed E-state index contributed by atoms with van der Waals surface area (Å²) in [5.74, 6) is 0.310. The van der Waals surface area contributed by atoms with E-state index >= 15 is 0 Å². The average Bonchev–Trinajstić information content (AvgIpc) is 3.15. The lowest BCUT2D eigenvalue weighted by Gasteiger charge is -2.29. The molecule has 5 nitrogen and oxygen atoms in total. The molecule has 7 heteroatoms. The molecule has 24 heavy (non-hydrogen) atoms. The molecule has 8 atom stereocenters. The maximum atomic E-state index is 7.91. The number of nitrogens with zero attached hydrogens (tertiary/aromatic N) is 1. The molecule has 0 spiro atoms. The summed E-state index contributed by atoms with van der Waals surface area (Å²) in [5, 5.41) is 0.156. The summed E-state index contributed by atoms with van der Waals surface area (Å²) >= 11 is 1.60. The Balaban J connectivity index is 2.03. The van der Waals surface area contributed by atoms with Gasteiger partial charge in [0.15, 0.2) is 0 Å². The number of hydrogen-bond acceptors (Lipinski definition) is 5. The van der Waals surface area contributed by atoms with E-state index in [0.717, 1.165) is 19.3 Å². The lowest BCUT2D eigenvalue weighted by Crippen LogP contribution is -2.28. The molecule has 138 valence electrons. The standard InChI is InChI=1S/C17H30NO4PS/c1-5-6-16(17-13(2)7-10-20-17)24-23(21-12-9-18-4)22-15-8-11-19-14(15)3/h13-17H,5-12H2,1-3H3/t13-,14+,15-,16+,17-,23?/m0/s1/i3D,10T,11T/t10-,11-,13+,14-,15+,16-,17+,23?/m1. The lowest BCUT2D eigenvalue weighted by molar-refractivity contribution is 0.0671. The second-order valence-electron chi connectivity index (χ2n) is 6.07. The van der Waals surface area contributed by atoms with Crippen LogP contribution in [-0.4, -0.2) is 49.9 Å². The second-order valence-corrected chi connectivity index (χ2v) is 9.33. The van der Waals surface area contributed by atoms with Crippen LogP contribution in [0.15, 0.2) is 0 Å². The van der Waals surface area contributed by atoms with Crippen LogP contribution >= 0.6 is 19.0 Å². The molecule has 0 aliphatic carbocycles. The number of hydrogen-bond donors (Lipinski definition) is 0. The highest BCUT2D eigenvalue weighted by Crippen LogP contribution is 2.58. The first kappa shape index (κ1) is 16.3. The molecule has 2 fully saturated rings. The van der Waals surface area contributed by atoms with Crippen molar-refractivity contribution in [2.45, 2.75) is 70.0 Å². The highest BCUT2D eigenvalue weighted by atomic mass is 32.7. The Morgan fingerprint density at radius 3 is 3.00 bits per heavy atom. The predicted molar refractivity (Wildman–Crippen MR) is 99.1 cm³/mol. The molecule has 0 amide bonds. The molecule has 0 radical (unpaired) electrons. The van der Waals surface area contributed by atoms with Gasteiger partial charge in [0.1, 0.15) is 6.61 Å². The summed E-state index contributed by atoms with van der Waals surface area (Å²) in [6.45, 7) is 10.7. The minimum atomic E-state index is -1.35. The van der Waals surface area contributed by atoms with Crippen LogP contribution in [0.5, 0.6) is 0 Å². The van der Waals surface area contributed by atoms with E-state index < -0.39 is 26.8 Å². The molecule has 2 aliphatic heterocycles. The van der Waals surface area contributed by atoms with Crippen LogP contribution in [0.4, 0.5) is 0 Å². The Morgan fingerprint density at radius 2 is 2.33 bits per heavy atom. The van der Waals surface area contributed by atoms with Gasteiger partial charge in [0.05, 0.1) is 21.1 Å². The zero-order valence-electron chi connectivity index (χ0n) is 17.4. The first-order chi connectivity index (χ1) is 13.0. The van der Waals surface area contributed by atoms with Gasteiger partial charge in [-0.25, -0.2) is 6.57 Å². The third kappa shape index (κ3) is 6.12. The Kier molecular flexibility index (Phi) is 7.44. The average molecular weight is 380 g/mol. The van der Waals surface area contributed by atoms with Crippen molar-refractivity contribution in [1.29, 1.82) is 0 Å². The van der Waals surface area contributed by atoms with Gasteiger partial charge < -0.3 is 23.4 Å². The van der Waals surface area contributed by atoms with E-state index in [0.29, 0.717) is 18.9 Å². The van der Waals surface area contributed by atoms with Gasteiger partial charge >= 0.3 is 0 Å². The SMILES string of the molecule is [2H]C[C@H]1O[C@H]([3H])C[C@@H]1OP(OCC[N+]#[C-])S[C@H](CCC)[C@H]1O[C@H]([3H])C[C@@H]1C. The van der Waals surface area contributed by atoms with Crippen LogP contribution in [-0.2, 0) is 18.5 Å². The summed E-state index contributed by atoms with van der Waals surface area (Å²) in [7, 11) is -1.35. The highest BCUT2D eigenvalue weighted by molar-refractivity contribution is 8.53. The molecule has 0 saturated carbocycles. The Morgan fingerprint density at radius 1 is 1.50 bits per heavy atom. The van der Waals surface area contributed by atoms with E-state index in [-0.39, 0.29) is 30.9 Å². The number of ether oxygens (including phenoxy) is 2. The summed E-state index contributed by atoms with van der Waals surface area (Å²) in [6, 6.07) is 0. The monoisotopic (exact) mass is 380 g/mol. The normalized spacial score (nSPS) is 40.5. The second kappa shape index (κ2) is 11.0. The fourth-order valence-electron chi connectivity index (χ4n) is 2.69. The molecule has 2 saturated heterocycles. The Hall–Kier alpha value is 0.110. The molecule has 2 aliphatic rings. The van der Waals surface area contributed by atoms with Gasteiger partial charge in [0.25, 0.3) is 0 Å². The Bertz CT molecular complexity index is 490. The fourth-order valence-corrected chi connectivity index (χ4v) is 6.78. The van der Waals surface area contributed by atoms with Crippen molar-refractivity contribution in [3.63, 3.8) is 0 Å². The van der Waals surface area contributed by atoms with Gasteiger partial charge in [-0.3, -0.25) is 0 Å². The van der Waals surface area contributed by atoms with Gasteiger partial charge in [0, 0.05) is 19.8 Å². The van der Waals surface area contributed by atoms with Crippen LogP contribution in [0, 0.1) is 12.5 Å². The smallest absolute Gasteiger partial charge is 0.239 e. The molecular formula is C17H30NO4PS. The van der Waals surface area contributed by atoms with Gasteiger partial charge in [-0.15, -0.1) is 0 Å². The summed E-state index contributed by atoms with van der Waals surface area (Å²) in [4.78, 5) is 3.33. The molecule has 1 unspecified atom stereocenters. The minimum Gasteiger partial charge on any atom is -0.377 e. The topological polar surface area (TPSA) is 41.3 Å². The van der Waals surface area contributed by atoms with Crippen molar-refractivity contribution >= 4 is 19.0 Å². The first-order valence-electron chi connectivity index (χ1n) is 10.4. The third-order valence-corrected chi connectivity index (χ3v) is 7.77. The maximum absolute atomic E-state index is 7.91. The molecule has 0 bridgehead atoms. The van der Waals surface area contributed by atoms with E-state index in [2.05, 4.69) is 18.7 Å². The van der Waals surface area contributed by atoms with Crippen LogP contribution in [0.25, 0.3) is 4.85 Å². The van der Waals surface area contributed by atoms with Crippen LogP contribution < -0.4 is 0 Å². The van der Waals surface area contributed by atoms with E-state index in [1.54, 1.807) is 11.4 Å². The highest BCUT2D eigenvalue weighted by Gasteiger charge is 2.36. The fraction of sp³-hybridized carbons (Fsp3) is 0.941. The quantitative estimate of drug-likeness (QED) is 0.313. The van der Waals surface area contributed by atoms with Crippen molar-refractivity contribution in [1.82, 2.24) is 0 Å². The third-order valence-electron chi connectivity index (χ3n) is 4.08. The van der Waals surface area contributed by atoms with Gasteiger partial charge in [-0.05, 0) is 32.1 Å². The molecule has 2 heterocycles. The predicted octanol–water partition coefficient (Wildman–Crippen LogP) is 4.67. The molecule has 0 N–H and O–H groups in total. The van der Waals surface area contributed by atoms with Gasteiger partial charge in [-0.2, -0.15) is 0 Å². The zero-order chi connectivity index (χ0) is 19.8. The largest absolute Gasteiger partial charge is 0.377 e. The van der Waals surface area contributed by atoms with Crippen LogP contribution in [0.2, 0.25) is 0 Å². The summed E-state index contributed by atoms with van der Waals surface area (Å²) in [5.41, 5.74) is 0. The summed E-state index contributed by atoms with van der Waals surface area (Å²) in [6.07, 6.45) is 2.35. The maximum Gasteiger partial charge on any atom is 0.239 e. The molecular weight excluding hydrogens is 345 g/mol. The first-order valence-corrected chi connectivity index (χ1v) is 11.2. The van der Waals surface area contributed by atoms with E-state index in [9.17, 15) is 0 Å². The van der Waals surface area contributed by atoms with Gasteiger partial charge in [0.2, 0.25) is 14.1 Å². The molecule has 2 rings (SSSR count). The van der Waals surface area contributed by atoms with Crippen molar-refractivity contribution in [3.8, 4) is 0 Å². The zero-order valence-corrected chi connectivity index (χ0v) is 16.1. The van der Waals surface area contributed by atoms with Gasteiger partial charge in [-0.1, -0.05) is 31.7 Å². The summed E-state index contributed by atoms with van der Waals surface area (Å²) < 4.78 is 46.7. The van der Waals surface area contributed by atoms with Crippen LogP contribution in [0.1, 0.15) is 50.5 Å². The number of rotatable bonds is 10. The lowest BCUT2D eigenvalue weighted by atomic mass is 9.99. The van der Waals surface area contributed by atoms with E-state index in [4.69, 9.17) is 29.2 Å². The van der Waals surface area contributed by atoms with Crippen LogP contribution in [0.3, 0.4) is 0 Å². The molecule has 0 aromatic carbocycles. The van der Waals surface area contributed by atoms with E-state index in [1.807, 2.05) is 0 Å². The van der Waals surface area contributed by atoms with E-state index in [1.165, 1.54) is 0 Å². The van der Waals surface area contributed by atoms with Crippen molar-refractivity contribution < 1.29 is 22.6 Å². The van der Waals surface area contributed by atoms with Crippen molar-refractivity contribution in [3.05, 3.63) is 11.4 Å². The Labute approximate surface area is 155 Å². The minimum absolute atomic E-state index is 0.00811. The van der Waals surface area contributed by atoms with Crippen molar-refractivity contribution in [2.24, 2.45) is 5.92 Å². The van der Waals surface area contributed by atoms with Crippen molar-refractivity contribution in [2.75, 3.05) is 26.3 Å². The molecule has 0 aromatic rings.